The van der Waals surface area contributed by atoms with Crippen LogP contribution in [0, 0.1) is 13.8 Å². The van der Waals surface area contributed by atoms with E-state index < -0.39 is 5.91 Å². The molecule has 0 spiro atoms. The molecule has 6 nitrogen and oxygen atoms in total. The predicted octanol–water partition coefficient (Wildman–Crippen LogP) is 4.25. The molecule has 0 atom stereocenters. The average Bonchev–Trinajstić information content (AvgIpc) is 3.12. The molecule has 3 rings (SSSR count). The molecule has 0 bridgehead atoms. The van der Waals surface area contributed by atoms with Gasteiger partial charge in [0.15, 0.2) is 0 Å². The van der Waals surface area contributed by atoms with Crippen molar-refractivity contribution in [3.63, 3.8) is 0 Å². The summed E-state index contributed by atoms with van der Waals surface area (Å²) >= 11 is 6.02. The van der Waals surface area contributed by atoms with Crippen molar-refractivity contribution < 1.29 is 13.6 Å². The highest BCUT2D eigenvalue weighted by atomic mass is 35.5. The topological polar surface area (TPSA) is 81.2 Å². The van der Waals surface area contributed by atoms with Gasteiger partial charge in [-0.3, -0.25) is 10.1 Å². The Hall–Kier alpha value is -2.86. The Labute approximate surface area is 143 Å². The molecule has 2 heterocycles. The summed E-state index contributed by atoms with van der Waals surface area (Å²) in [5.74, 6) is 1.31. The lowest BCUT2D eigenvalue weighted by Crippen LogP contribution is -2.07. The fourth-order valence-corrected chi connectivity index (χ4v) is 2.35. The molecule has 0 fully saturated rings. The molecule has 0 unspecified atom stereocenters. The molecule has 1 amide bonds. The van der Waals surface area contributed by atoms with Crippen molar-refractivity contribution in [2.75, 3.05) is 5.32 Å². The highest BCUT2D eigenvalue weighted by molar-refractivity contribution is 6.32. The van der Waals surface area contributed by atoms with Crippen LogP contribution in [0.1, 0.15) is 17.1 Å². The highest BCUT2D eigenvalue weighted by Crippen LogP contribution is 2.26. The number of aryl methyl sites for hydroxylation is 2. The molecule has 2 aromatic heterocycles. The van der Waals surface area contributed by atoms with E-state index in [-0.39, 0.29) is 11.9 Å². The molecule has 122 valence electrons. The van der Waals surface area contributed by atoms with Crippen LogP contribution in [-0.4, -0.2) is 16.1 Å². The van der Waals surface area contributed by atoms with Crippen LogP contribution in [-0.2, 0) is 4.79 Å². The van der Waals surface area contributed by atoms with Crippen LogP contribution in [0.3, 0.4) is 0 Å². The third-order valence-electron chi connectivity index (χ3n) is 3.25. The third kappa shape index (κ3) is 3.55. The molecular weight excluding hydrogens is 330 g/mol. The summed E-state index contributed by atoms with van der Waals surface area (Å²) in [5, 5.41) is 10.8. The highest BCUT2D eigenvalue weighted by Gasteiger charge is 2.15. The van der Waals surface area contributed by atoms with Gasteiger partial charge in [-0.15, -0.1) is 5.10 Å². The minimum atomic E-state index is -0.398. The number of amides is 1. The second kappa shape index (κ2) is 6.72. The van der Waals surface area contributed by atoms with Crippen LogP contribution in [0.4, 0.5) is 6.01 Å². The first-order chi connectivity index (χ1) is 11.5. The van der Waals surface area contributed by atoms with Crippen molar-refractivity contribution in [2.24, 2.45) is 0 Å². The zero-order valence-electron chi connectivity index (χ0n) is 13.0. The van der Waals surface area contributed by atoms with Gasteiger partial charge in [0.05, 0.1) is 5.56 Å². The quantitative estimate of drug-likeness (QED) is 0.716. The summed E-state index contributed by atoms with van der Waals surface area (Å²) < 4.78 is 10.9. The second-order valence-corrected chi connectivity index (χ2v) is 5.49. The Morgan fingerprint density at radius 1 is 1.21 bits per heavy atom. The maximum atomic E-state index is 11.9. The van der Waals surface area contributed by atoms with E-state index in [1.165, 1.54) is 6.08 Å². The average molecular weight is 344 g/mol. The Bertz CT molecular complexity index is 911. The summed E-state index contributed by atoms with van der Waals surface area (Å²) in [6, 6.07) is 9.02. The number of carbonyl (C=O) groups is 1. The van der Waals surface area contributed by atoms with E-state index in [1.807, 2.05) is 19.1 Å². The number of aromatic nitrogens is 2. The van der Waals surface area contributed by atoms with E-state index in [1.54, 1.807) is 31.2 Å². The zero-order valence-corrected chi connectivity index (χ0v) is 13.8. The summed E-state index contributed by atoms with van der Waals surface area (Å²) in [5.41, 5.74) is 1.44. The van der Waals surface area contributed by atoms with Gasteiger partial charge in [0.1, 0.15) is 11.5 Å². The van der Waals surface area contributed by atoms with Gasteiger partial charge in [-0.1, -0.05) is 34.9 Å². The smallest absolute Gasteiger partial charge is 0.322 e. The van der Waals surface area contributed by atoms with Crippen molar-refractivity contribution in [2.45, 2.75) is 13.8 Å². The van der Waals surface area contributed by atoms with Crippen LogP contribution in [0.5, 0.6) is 0 Å². The van der Waals surface area contributed by atoms with E-state index in [0.717, 1.165) is 11.3 Å². The monoisotopic (exact) mass is 343 g/mol. The number of benzene rings is 1. The van der Waals surface area contributed by atoms with Gasteiger partial charge in [0.2, 0.25) is 0 Å². The SMILES string of the molecule is Cc1cc(-c2nnc(NC(=O)/C=C/c3ccccc3Cl)o2)c(C)o1. The number of rotatable bonds is 4. The lowest BCUT2D eigenvalue weighted by molar-refractivity contribution is -0.112. The molecule has 0 aliphatic carbocycles. The van der Waals surface area contributed by atoms with Crippen LogP contribution in [0.2, 0.25) is 5.02 Å². The Morgan fingerprint density at radius 2 is 2.00 bits per heavy atom. The van der Waals surface area contributed by atoms with E-state index in [4.69, 9.17) is 20.4 Å². The number of hydrogen-bond donors (Lipinski definition) is 1. The van der Waals surface area contributed by atoms with Crippen LogP contribution in [0.15, 0.2) is 45.2 Å². The molecule has 7 heteroatoms. The number of nitrogens with zero attached hydrogens (tertiary/aromatic N) is 2. The van der Waals surface area contributed by atoms with Gasteiger partial charge in [0, 0.05) is 11.1 Å². The summed E-state index contributed by atoms with van der Waals surface area (Å²) in [7, 11) is 0. The molecule has 3 aromatic rings. The number of nitrogens with one attached hydrogen (secondary N) is 1. The molecule has 1 N–H and O–H groups in total. The third-order valence-corrected chi connectivity index (χ3v) is 3.59. The predicted molar refractivity (Wildman–Crippen MR) is 90.6 cm³/mol. The number of carbonyl (C=O) groups excluding carboxylic acids is 1. The van der Waals surface area contributed by atoms with E-state index in [9.17, 15) is 4.79 Å². The largest absolute Gasteiger partial charge is 0.466 e. The summed E-state index contributed by atoms with van der Waals surface area (Å²) in [4.78, 5) is 11.9. The van der Waals surface area contributed by atoms with Gasteiger partial charge in [-0.05, 0) is 37.6 Å². The number of furan rings is 1. The molecule has 0 saturated carbocycles. The second-order valence-electron chi connectivity index (χ2n) is 5.08. The van der Waals surface area contributed by atoms with Crippen LogP contribution < -0.4 is 5.32 Å². The fraction of sp³-hybridized carbons (Fsp3) is 0.118. The van der Waals surface area contributed by atoms with E-state index in [0.29, 0.717) is 16.3 Å². The van der Waals surface area contributed by atoms with Crippen molar-refractivity contribution in [3.05, 3.63) is 58.5 Å². The minimum absolute atomic E-state index is 0.0112. The van der Waals surface area contributed by atoms with Gasteiger partial charge in [-0.2, -0.15) is 0 Å². The van der Waals surface area contributed by atoms with Crippen LogP contribution >= 0.6 is 11.6 Å². The molecule has 0 radical (unpaired) electrons. The summed E-state index contributed by atoms with van der Waals surface area (Å²) in [6.45, 7) is 3.63. The minimum Gasteiger partial charge on any atom is -0.466 e. The Kier molecular flexibility index (Phi) is 4.48. The van der Waals surface area contributed by atoms with Gasteiger partial charge < -0.3 is 8.83 Å². The molecule has 0 saturated heterocycles. The summed E-state index contributed by atoms with van der Waals surface area (Å²) in [6.07, 6.45) is 2.96. The standard InChI is InChI=1S/C17H14ClN3O3/c1-10-9-13(11(2)23-10)16-20-21-17(24-16)19-15(22)8-7-12-5-3-4-6-14(12)18/h3-9H,1-2H3,(H,19,21,22)/b8-7+. The van der Waals surface area contributed by atoms with Gasteiger partial charge in [-0.25, -0.2) is 0 Å². The normalized spacial score (nSPS) is 11.1. The number of halogens is 1. The van der Waals surface area contributed by atoms with Gasteiger partial charge >= 0.3 is 6.01 Å². The maximum absolute atomic E-state index is 11.9. The first-order valence-electron chi connectivity index (χ1n) is 7.17. The van der Waals surface area contributed by atoms with Crippen molar-refractivity contribution >= 4 is 29.6 Å². The first kappa shape index (κ1) is 16.0. The van der Waals surface area contributed by atoms with E-state index in [2.05, 4.69) is 15.5 Å². The van der Waals surface area contributed by atoms with Crippen molar-refractivity contribution in [3.8, 4) is 11.5 Å². The molecule has 1 aromatic carbocycles. The molecule has 24 heavy (non-hydrogen) atoms. The van der Waals surface area contributed by atoms with Crippen LogP contribution in [0.25, 0.3) is 17.5 Å². The Balaban J connectivity index is 1.70. The van der Waals surface area contributed by atoms with E-state index >= 15 is 0 Å². The Morgan fingerprint density at radius 3 is 2.71 bits per heavy atom. The van der Waals surface area contributed by atoms with Crippen molar-refractivity contribution in [1.29, 1.82) is 0 Å². The molecular formula is C17H14ClN3O3. The zero-order chi connectivity index (χ0) is 17.1. The lowest BCUT2D eigenvalue weighted by Gasteiger charge is -1.97. The van der Waals surface area contributed by atoms with Crippen molar-refractivity contribution in [1.82, 2.24) is 10.2 Å². The number of hydrogen-bond acceptors (Lipinski definition) is 5. The van der Waals surface area contributed by atoms with Gasteiger partial charge in [0.25, 0.3) is 11.8 Å². The fourth-order valence-electron chi connectivity index (χ4n) is 2.15. The first-order valence-corrected chi connectivity index (χ1v) is 7.55. The number of anilines is 1. The molecule has 0 aliphatic heterocycles. The maximum Gasteiger partial charge on any atom is 0.322 e. The molecule has 0 aliphatic rings. The lowest BCUT2D eigenvalue weighted by atomic mass is 10.2.